The van der Waals surface area contributed by atoms with E-state index in [1.165, 1.54) is 11.1 Å². The van der Waals surface area contributed by atoms with Crippen LogP contribution >= 0.6 is 0 Å². The lowest BCUT2D eigenvalue weighted by Crippen LogP contribution is -2.54. The Balaban J connectivity index is 1.60. The summed E-state index contributed by atoms with van der Waals surface area (Å²) in [5.41, 5.74) is 3.38. The number of fused-ring (bicyclic) bond motifs is 1. The molecule has 0 saturated heterocycles. The Bertz CT molecular complexity index is 783. The van der Waals surface area contributed by atoms with E-state index >= 15 is 0 Å². The highest BCUT2D eigenvalue weighted by Gasteiger charge is 2.39. The van der Waals surface area contributed by atoms with Crippen LogP contribution in [0.1, 0.15) is 44.2 Å². The normalized spacial score (nSPS) is 18.1. The minimum absolute atomic E-state index is 0.133. The summed E-state index contributed by atoms with van der Waals surface area (Å²) < 4.78 is 5.18. The van der Waals surface area contributed by atoms with Crippen molar-refractivity contribution in [1.29, 1.82) is 0 Å². The van der Waals surface area contributed by atoms with Gasteiger partial charge in [-0.15, -0.1) is 0 Å². The summed E-state index contributed by atoms with van der Waals surface area (Å²) in [7, 11) is 1.67. The Morgan fingerprint density at radius 3 is 2.59 bits per heavy atom. The molecular weight excluding hydrogens is 336 g/mol. The van der Waals surface area contributed by atoms with E-state index in [9.17, 15) is 4.79 Å². The second kappa shape index (κ2) is 8.13. The number of carbonyl (C=O) groups is 1. The molecule has 1 N–H and O–H groups in total. The molecule has 1 aliphatic heterocycles. The van der Waals surface area contributed by atoms with E-state index in [1.807, 2.05) is 23.1 Å². The molecule has 1 aliphatic rings. The predicted molar refractivity (Wildman–Crippen MR) is 111 cm³/mol. The summed E-state index contributed by atoms with van der Waals surface area (Å²) in [5.74, 6) is 1.46. The van der Waals surface area contributed by atoms with Gasteiger partial charge >= 0.3 is 0 Å². The van der Waals surface area contributed by atoms with Gasteiger partial charge in [0.1, 0.15) is 5.75 Å². The van der Waals surface area contributed by atoms with Gasteiger partial charge in [-0.2, -0.15) is 0 Å². The maximum absolute atomic E-state index is 13.0. The van der Waals surface area contributed by atoms with Gasteiger partial charge in [0.2, 0.25) is 5.91 Å². The summed E-state index contributed by atoms with van der Waals surface area (Å²) >= 11 is 0. The fourth-order valence-electron chi connectivity index (χ4n) is 4.16. The SMILES string of the molecule is COc1ccc(CCNCC(=O)N2c3ccccc3C(C)CC2(C)C)cc1. The zero-order valence-electron chi connectivity index (χ0n) is 16.8. The number of nitrogens with zero attached hydrogens (tertiary/aromatic N) is 1. The van der Waals surface area contributed by atoms with Gasteiger partial charge in [0.15, 0.2) is 0 Å². The molecule has 1 unspecified atom stereocenters. The smallest absolute Gasteiger partial charge is 0.241 e. The second-order valence-corrected chi connectivity index (χ2v) is 7.98. The first-order valence-electron chi connectivity index (χ1n) is 9.68. The second-order valence-electron chi connectivity index (χ2n) is 7.98. The van der Waals surface area contributed by atoms with Crippen molar-refractivity contribution in [1.82, 2.24) is 5.32 Å². The minimum atomic E-state index is -0.178. The summed E-state index contributed by atoms with van der Waals surface area (Å²) in [4.78, 5) is 15.0. The molecule has 27 heavy (non-hydrogen) atoms. The first-order chi connectivity index (χ1) is 12.9. The van der Waals surface area contributed by atoms with Gasteiger partial charge in [-0.25, -0.2) is 0 Å². The monoisotopic (exact) mass is 366 g/mol. The summed E-state index contributed by atoms with van der Waals surface area (Å²) in [6.07, 6.45) is 1.86. The highest BCUT2D eigenvalue weighted by molar-refractivity contribution is 5.97. The number of rotatable bonds is 6. The van der Waals surface area contributed by atoms with Crippen LogP contribution in [0, 0.1) is 0 Å². The van der Waals surface area contributed by atoms with E-state index < -0.39 is 0 Å². The van der Waals surface area contributed by atoms with Crippen molar-refractivity contribution in [2.24, 2.45) is 0 Å². The number of hydrogen-bond donors (Lipinski definition) is 1. The van der Waals surface area contributed by atoms with Crippen molar-refractivity contribution < 1.29 is 9.53 Å². The maximum atomic E-state index is 13.0. The molecule has 3 rings (SSSR count). The average Bonchev–Trinajstić information content (AvgIpc) is 2.65. The summed E-state index contributed by atoms with van der Waals surface area (Å²) in [5, 5.41) is 3.32. The van der Waals surface area contributed by atoms with E-state index in [2.05, 4.69) is 56.4 Å². The topological polar surface area (TPSA) is 41.6 Å². The Kier molecular flexibility index (Phi) is 5.85. The summed E-state index contributed by atoms with van der Waals surface area (Å²) in [6, 6.07) is 16.4. The lowest BCUT2D eigenvalue weighted by molar-refractivity contribution is -0.119. The van der Waals surface area contributed by atoms with Crippen LogP contribution in [0.3, 0.4) is 0 Å². The van der Waals surface area contributed by atoms with Crippen molar-refractivity contribution in [3.63, 3.8) is 0 Å². The van der Waals surface area contributed by atoms with Gasteiger partial charge in [-0.3, -0.25) is 4.79 Å². The van der Waals surface area contributed by atoms with Crippen LogP contribution < -0.4 is 15.0 Å². The molecule has 0 aromatic heterocycles. The largest absolute Gasteiger partial charge is 0.497 e. The standard InChI is InChI=1S/C23H30N2O2/c1-17-15-23(2,3)25(21-8-6-5-7-20(17)21)22(26)16-24-14-13-18-9-11-19(27-4)12-10-18/h5-12,17,24H,13-16H2,1-4H3. The molecule has 0 saturated carbocycles. The van der Waals surface area contributed by atoms with E-state index in [4.69, 9.17) is 4.74 Å². The number of ether oxygens (including phenoxy) is 1. The molecule has 0 bridgehead atoms. The predicted octanol–water partition coefficient (Wildman–Crippen LogP) is 4.15. The van der Waals surface area contributed by atoms with Crippen LogP contribution in [0.15, 0.2) is 48.5 Å². The molecule has 4 heteroatoms. The van der Waals surface area contributed by atoms with E-state index in [-0.39, 0.29) is 11.4 Å². The molecule has 0 spiro atoms. The molecule has 0 fully saturated rings. The average molecular weight is 367 g/mol. The fraction of sp³-hybridized carbons (Fsp3) is 0.435. The van der Waals surface area contributed by atoms with Gasteiger partial charge in [0, 0.05) is 11.2 Å². The Hall–Kier alpha value is -2.33. The molecule has 0 radical (unpaired) electrons. The van der Waals surface area contributed by atoms with Gasteiger partial charge in [0.25, 0.3) is 0 Å². The molecule has 1 heterocycles. The third kappa shape index (κ3) is 4.33. The van der Waals surface area contributed by atoms with Crippen molar-refractivity contribution in [2.75, 3.05) is 25.1 Å². The van der Waals surface area contributed by atoms with Crippen molar-refractivity contribution >= 4 is 11.6 Å². The number of para-hydroxylation sites is 1. The molecule has 1 atom stereocenters. The third-order valence-corrected chi connectivity index (χ3v) is 5.39. The molecule has 2 aromatic rings. The highest BCUT2D eigenvalue weighted by Crippen LogP contribution is 2.43. The van der Waals surface area contributed by atoms with Gasteiger partial charge in [0.05, 0.1) is 13.7 Å². The first-order valence-corrected chi connectivity index (χ1v) is 9.68. The number of hydrogen-bond acceptors (Lipinski definition) is 3. The number of benzene rings is 2. The quantitative estimate of drug-likeness (QED) is 0.781. The molecular formula is C23H30N2O2. The zero-order chi connectivity index (χ0) is 19.4. The highest BCUT2D eigenvalue weighted by atomic mass is 16.5. The maximum Gasteiger partial charge on any atom is 0.241 e. The Labute approximate surface area is 162 Å². The number of methoxy groups -OCH3 is 1. The van der Waals surface area contributed by atoms with Crippen LogP contribution in [0.25, 0.3) is 0 Å². The molecule has 4 nitrogen and oxygen atoms in total. The van der Waals surface area contributed by atoms with Crippen molar-refractivity contribution in [3.8, 4) is 5.75 Å². The number of carbonyl (C=O) groups excluding carboxylic acids is 1. The van der Waals surface area contributed by atoms with Gasteiger partial charge < -0.3 is 15.0 Å². The summed E-state index contributed by atoms with van der Waals surface area (Å²) in [6.45, 7) is 7.69. The Morgan fingerprint density at radius 2 is 1.89 bits per heavy atom. The lowest BCUT2D eigenvalue weighted by atomic mass is 9.80. The fourth-order valence-corrected chi connectivity index (χ4v) is 4.16. The number of anilines is 1. The van der Waals surface area contributed by atoms with Crippen molar-refractivity contribution in [2.45, 2.75) is 45.1 Å². The van der Waals surface area contributed by atoms with Gasteiger partial charge in [-0.1, -0.05) is 37.3 Å². The van der Waals surface area contributed by atoms with Crippen LogP contribution in [0.2, 0.25) is 0 Å². The van der Waals surface area contributed by atoms with Crippen molar-refractivity contribution in [3.05, 3.63) is 59.7 Å². The van der Waals surface area contributed by atoms with Crippen LogP contribution in [-0.2, 0) is 11.2 Å². The number of amides is 1. The Morgan fingerprint density at radius 1 is 1.19 bits per heavy atom. The molecule has 0 aliphatic carbocycles. The molecule has 144 valence electrons. The van der Waals surface area contributed by atoms with E-state index in [0.29, 0.717) is 12.5 Å². The molecule has 2 aromatic carbocycles. The van der Waals surface area contributed by atoms with Gasteiger partial charge in [-0.05, 0) is 68.5 Å². The lowest BCUT2D eigenvalue weighted by Gasteiger charge is -2.46. The van der Waals surface area contributed by atoms with Crippen LogP contribution in [0.5, 0.6) is 5.75 Å². The molecule has 1 amide bonds. The van der Waals surface area contributed by atoms with E-state index in [1.54, 1.807) is 7.11 Å². The van der Waals surface area contributed by atoms with Crippen LogP contribution in [-0.4, -0.2) is 31.6 Å². The third-order valence-electron chi connectivity index (χ3n) is 5.39. The first kappa shape index (κ1) is 19.4. The minimum Gasteiger partial charge on any atom is -0.497 e. The van der Waals surface area contributed by atoms with Crippen LogP contribution in [0.4, 0.5) is 5.69 Å². The zero-order valence-corrected chi connectivity index (χ0v) is 16.8. The number of nitrogens with one attached hydrogen (secondary N) is 1. The van der Waals surface area contributed by atoms with E-state index in [0.717, 1.165) is 30.8 Å².